The van der Waals surface area contributed by atoms with Crippen molar-refractivity contribution < 1.29 is 27.8 Å². The van der Waals surface area contributed by atoms with E-state index in [1.807, 2.05) is 20.8 Å². The van der Waals surface area contributed by atoms with Gasteiger partial charge >= 0.3 is 12.3 Å². The van der Waals surface area contributed by atoms with E-state index in [2.05, 4.69) is 20.5 Å². The lowest BCUT2D eigenvalue weighted by molar-refractivity contribution is -0.137. The Bertz CT molecular complexity index is 1250. The lowest BCUT2D eigenvalue weighted by Crippen LogP contribution is -2.47. The molecule has 3 heterocycles. The number of carbonyl (C=O) groups excluding carboxylic acids is 1. The van der Waals surface area contributed by atoms with E-state index >= 15 is 0 Å². The molecule has 12 heteroatoms. The molecule has 9 nitrogen and oxygen atoms in total. The monoisotopic (exact) mass is 492 g/mol. The molecule has 1 atom stereocenters. The Morgan fingerprint density at radius 1 is 1.23 bits per heavy atom. The summed E-state index contributed by atoms with van der Waals surface area (Å²) in [6, 6.07) is 2.59. The molecule has 1 saturated heterocycles. The van der Waals surface area contributed by atoms with Crippen LogP contribution in [0.3, 0.4) is 0 Å². The van der Waals surface area contributed by atoms with Gasteiger partial charge in [0.25, 0.3) is 0 Å². The van der Waals surface area contributed by atoms with Crippen LogP contribution in [0, 0.1) is 6.92 Å². The van der Waals surface area contributed by atoms with Crippen molar-refractivity contribution in [3.63, 3.8) is 0 Å². The smallest absolute Gasteiger partial charge is 0.416 e. The number of hydrogen-bond donors (Lipinski definition) is 2. The first-order chi connectivity index (χ1) is 16.3. The van der Waals surface area contributed by atoms with E-state index in [4.69, 9.17) is 4.74 Å². The second kappa shape index (κ2) is 8.90. The van der Waals surface area contributed by atoms with Crippen LogP contribution in [0.5, 0.6) is 5.75 Å². The van der Waals surface area contributed by atoms with Gasteiger partial charge in [-0.3, -0.25) is 4.40 Å². The van der Waals surface area contributed by atoms with Crippen molar-refractivity contribution in [3.05, 3.63) is 35.8 Å². The first-order valence-corrected chi connectivity index (χ1v) is 11.2. The zero-order valence-electron chi connectivity index (χ0n) is 19.8. The molecule has 1 aliphatic heterocycles. The molecular weight excluding hydrogens is 465 g/mol. The molecule has 2 N–H and O–H groups in total. The van der Waals surface area contributed by atoms with E-state index in [0.29, 0.717) is 36.4 Å². The van der Waals surface area contributed by atoms with E-state index in [1.54, 1.807) is 16.2 Å². The Morgan fingerprint density at radius 2 is 1.97 bits per heavy atom. The molecule has 3 aromatic rings. The third kappa shape index (κ3) is 5.25. The van der Waals surface area contributed by atoms with E-state index in [9.17, 15) is 23.1 Å². The molecular formula is C23H27F3N6O3. The Balaban J connectivity index is 1.61. The quantitative estimate of drug-likeness (QED) is 0.549. The first-order valence-electron chi connectivity index (χ1n) is 11.2. The van der Waals surface area contributed by atoms with Gasteiger partial charge in [0.2, 0.25) is 5.95 Å². The fourth-order valence-electron chi connectivity index (χ4n) is 4.04. The highest BCUT2D eigenvalue weighted by Gasteiger charge is 2.32. The Hall–Kier alpha value is -3.57. The number of amides is 1. The van der Waals surface area contributed by atoms with Gasteiger partial charge in [0.1, 0.15) is 22.9 Å². The van der Waals surface area contributed by atoms with Gasteiger partial charge in [-0.2, -0.15) is 13.2 Å². The third-order valence-corrected chi connectivity index (χ3v) is 5.62. The van der Waals surface area contributed by atoms with Gasteiger partial charge in [0.05, 0.1) is 17.3 Å². The summed E-state index contributed by atoms with van der Waals surface area (Å²) in [5.74, 6) is 0.391. The molecule has 0 bridgehead atoms. The normalized spacial score (nSPS) is 17.0. The highest BCUT2D eigenvalue weighted by Crippen LogP contribution is 2.37. The van der Waals surface area contributed by atoms with Crippen LogP contribution in [0.15, 0.2) is 24.4 Å². The van der Waals surface area contributed by atoms with Crippen molar-refractivity contribution in [2.75, 3.05) is 18.4 Å². The molecule has 0 spiro atoms. The fraction of sp³-hybridized carbons (Fsp3) is 0.478. The van der Waals surface area contributed by atoms with Crippen LogP contribution in [0.4, 0.5) is 23.9 Å². The SMILES string of the molecule is Cc1ncc2c(-c3ccc(C(F)(F)F)cc3O)nnc(N[C@@H]3CCCN(C(=O)OC(C)(C)C)C3)n12. The van der Waals surface area contributed by atoms with Gasteiger partial charge in [-0.05, 0) is 58.7 Å². The van der Waals surface area contributed by atoms with Crippen LogP contribution in [-0.4, -0.2) is 60.4 Å². The highest BCUT2D eigenvalue weighted by molar-refractivity contribution is 5.81. The van der Waals surface area contributed by atoms with E-state index < -0.39 is 23.1 Å². The number of ether oxygens (including phenoxy) is 1. The number of rotatable bonds is 3. The molecule has 2 aromatic heterocycles. The average Bonchev–Trinajstić information content (AvgIpc) is 3.15. The van der Waals surface area contributed by atoms with Crippen LogP contribution in [-0.2, 0) is 10.9 Å². The maximum absolute atomic E-state index is 13.0. The minimum absolute atomic E-state index is 0.107. The second-order valence-corrected chi connectivity index (χ2v) is 9.54. The van der Waals surface area contributed by atoms with Crippen LogP contribution in [0.25, 0.3) is 16.8 Å². The molecule has 1 fully saturated rings. The summed E-state index contributed by atoms with van der Waals surface area (Å²) in [6.45, 7) is 8.19. The number of aryl methyl sites for hydroxylation is 1. The summed E-state index contributed by atoms with van der Waals surface area (Å²) >= 11 is 0. The minimum Gasteiger partial charge on any atom is -0.507 e. The van der Waals surface area contributed by atoms with Crippen LogP contribution < -0.4 is 5.32 Å². The Morgan fingerprint density at radius 3 is 2.63 bits per heavy atom. The highest BCUT2D eigenvalue weighted by atomic mass is 19.4. The predicted octanol–water partition coefficient (Wildman–Crippen LogP) is 4.64. The molecule has 4 rings (SSSR count). The summed E-state index contributed by atoms with van der Waals surface area (Å²) in [7, 11) is 0. The topological polar surface area (TPSA) is 105 Å². The van der Waals surface area contributed by atoms with Crippen LogP contribution >= 0.6 is 0 Å². The van der Waals surface area contributed by atoms with Crippen LogP contribution in [0.2, 0.25) is 0 Å². The molecule has 1 amide bonds. The maximum atomic E-state index is 13.0. The summed E-state index contributed by atoms with van der Waals surface area (Å²) < 4.78 is 46.2. The zero-order valence-corrected chi connectivity index (χ0v) is 19.8. The number of piperidine rings is 1. The standard InChI is InChI=1S/C23H27F3N6O3/c1-13-27-11-17-19(16-8-7-14(10-18(16)33)23(24,25)26)29-30-20(32(13)17)28-15-6-5-9-31(12-15)21(34)35-22(2,3)4/h7-8,10-11,15,33H,5-6,9,12H2,1-4H3,(H,28,30)/t15-/m1/s1. The predicted molar refractivity (Wildman–Crippen MR) is 122 cm³/mol. The zero-order chi connectivity index (χ0) is 25.5. The number of benzene rings is 1. The van der Waals surface area contributed by atoms with Gasteiger partial charge in [0, 0.05) is 24.7 Å². The number of halogens is 3. The number of anilines is 1. The van der Waals surface area contributed by atoms with Crippen molar-refractivity contribution in [2.24, 2.45) is 0 Å². The van der Waals surface area contributed by atoms with E-state index in [1.165, 1.54) is 6.20 Å². The van der Waals surface area contributed by atoms with Crippen molar-refractivity contribution in [1.29, 1.82) is 0 Å². The van der Waals surface area contributed by atoms with Gasteiger partial charge in [-0.1, -0.05) is 0 Å². The van der Waals surface area contributed by atoms with Crippen molar-refractivity contribution >= 4 is 17.6 Å². The minimum atomic E-state index is -4.58. The first kappa shape index (κ1) is 24.6. The summed E-state index contributed by atoms with van der Waals surface area (Å²) in [5.41, 5.74) is -0.785. The number of imidazole rings is 1. The third-order valence-electron chi connectivity index (χ3n) is 5.62. The molecule has 188 valence electrons. The number of aromatic hydroxyl groups is 1. The molecule has 0 aliphatic carbocycles. The number of fused-ring (bicyclic) bond motifs is 1. The van der Waals surface area contributed by atoms with Crippen molar-refractivity contribution in [2.45, 2.75) is 58.4 Å². The number of aromatic nitrogens is 4. The summed E-state index contributed by atoms with van der Waals surface area (Å²) in [6.07, 6.45) is -1.88. The van der Waals surface area contributed by atoms with Gasteiger partial charge in [0.15, 0.2) is 0 Å². The number of carbonyl (C=O) groups is 1. The summed E-state index contributed by atoms with van der Waals surface area (Å²) in [4.78, 5) is 18.4. The fourth-order valence-corrected chi connectivity index (χ4v) is 4.04. The van der Waals surface area contributed by atoms with Gasteiger partial charge in [-0.15, -0.1) is 10.2 Å². The van der Waals surface area contributed by atoms with Crippen LogP contribution in [0.1, 0.15) is 45.0 Å². The largest absolute Gasteiger partial charge is 0.507 e. The lowest BCUT2D eigenvalue weighted by Gasteiger charge is -2.34. The number of phenolic OH excluding ortho intramolecular Hbond substituents is 1. The number of alkyl halides is 3. The Labute approximate surface area is 199 Å². The second-order valence-electron chi connectivity index (χ2n) is 9.54. The molecule has 1 aromatic carbocycles. The Kier molecular flexibility index (Phi) is 6.24. The molecule has 35 heavy (non-hydrogen) atoms. The number of hydrogen-bond acceptors (Lipinski definition) is 7. The van der Waals surface area contributed by atoms with E-state index in [0.717, 1.165) is 25.0 Å². The molecule has 0 saturated carbocycles. The molecule has 0 unspecified atom stereocenters. The number of phenols is 1. The number of likely N-dealkylation sites (tertiary alicyclic amines) is 1. The van der Waals surface area contributed by atoms with Gasteiger partial charge < -0.3 is 20.1 Å². The molecule has 1 aliphatic rings. The summed E-state index contributed by atoms with van der Waals surface area (Å²) in [5, 5.41) is 22.1. The molecule has 0 radical (unpaired) electrons. The number of nitrogens with zero attached hydrogens (tertiary/aromatic N) is 5. The van der Waals surface area contributed by atoms with Crippen molar-refractivity contribution in [1.82, 2.24) is 24.5 Å². The lowest BCUT2D eigenvalue weighted by atomic mass is 10.1. The van der Waals surface area contributed by atoms with E-state index in [-0.39, 0.29) is 23.4 Å². The maximum Gasteiger partial charge on any atom is 0.416 e. The van der Waals surface area contributed by atoms with Crippen molar-refractivity contribution in [3.8, 4) is 17.0 Å². The number of nitrogens with one attached hydrogen (secondary N) is 1. The van der Waals surface area contributed by atoms with Gasteiger partial charge in [-0.25, -0.2) is 9.78 Å². The average molecular weight is 493 g/mol.